The molecule has 8 nitrogen and oxygen atoms in total. The molecule has 1 fully saturated rings. The first kappa shape index (κ1) is 16.7. The molecule has 2 heterocycles. The van der Waals surface area contributed by atoms with E-state index in [0.717, 1.165) is 5.39 Å². The Bertz CT molecular complexity index is 752. The van der Waals surface area contributed by atoms with Gasteiger partial charge in [-0.3, -0.25) is 4.99 Å². The van der Waals surface area contributed by atoms with E-state index in [0.29, 0.717) is 11.2 Å². The molecule has 1 aliphatic rings. The van der Waals surface area contributed by atoms with Gasteiger partial charge in [0.2, 0.25) is 0 Å². The Balaban J connectivity index is 1.83. The van der Waals surface area contributed by atoms with Crippen molar-refractivity contribution in [2.24, 2.45) is 4.99 Å². The number of phenols is 1. The summed E-state index contributed by atoms with van der Waals surface area (Å²) in [7, 11) is 0. The molecule has 5 N–H and O–H groups in total. The first-order valence-electron chi connectivity index (χ1n) is 7.43. The molecule has 3 unspecified atom stereocenters. The van der Waals surface area contributed by atoms with Gasteiger partial charge in [0.05, 0.1) is 12.3 Å². The Labute approximate surface area is 137 Å². The van der Waals surface area contributed by atoms with Gasteiger partial charge in [0.25, 0.3) is 0 Å². The third-order valence-electron chi connectivity index (χ3n) is 3.97. The predicted molar refractivity (Wildman–Crippen MR) is 84.8 cm³/mol. The van der Waals surface area contributed by atoms with Crippen LogP contribution >= 0.6 is 0 Å². The van der Waals surface area contributed by atoms with E-state index < -0.39 is 37.3 Å². The molecule has 5 atom stereocenters. The first-order chi connectivity index (χ1) is 11.5. The molecule has 2 aromatic rings. The Morgan fingerprint density at radius 3 is 2.67 bits per heavy atom. The molecule has 8 heteroatoms. The van der Waals surface area contributed by atoms with Crippen LogP contribution in [0.5, 0.6) is 5.75 Å². The van der Waals surface area contributed by atoms with Gasteiger partial charge in [-0.25, -0.2) is 4.98 Å². The zero-order chi connectivity index (χ0) is 17.3. The van der Waals surface area contributed by atoms with Crippen LogP contribution in [-0.4, -0.2) is 74.0 Å². The summed E-state index contributed by atoms with van der Waals surface area (Å²) in [5, 5.41) is 49.4. The highest BCUT2D eigenvalue weighted by molar-refractivity contribution is 5.88. The summed E-state index contributed by atoms with van der Waals surface area (Å²) in [4.78, 5) is 8.29. The number of nitrogens with zero attached hydrogens (tertiary/aromatic N) is 2. The van der Waals surface area contributed by atoms with E-state index in [2.05, 4.69) is 9.98 Å². The Hall–Kier alpha value is -2.10. The summed E-state index contributed by atoms with van der Waals surface area (Å²) in [5.74, 6) is 0.0324. The van der Waals surface area contributed by atoms with Crippen molar-refractivity contribution in [1.29, 1.82) is 0 Å². The molecular formula is C16H18N2O6. The van der Waals surface area contributed by atoms with Crippen molar-refractivity contribution in [3.63, 3.8) is 0 Å². The zero-order valence-corrected chi connectivity index (χ0v) is 12.6. The maximum Gasteiger partial charge on any atom is 0.180 e. The molecule has 0 bridgehead atoms. The first-order valence-corrected chi connectivity index (χ1v) is 7.43. The normalized spacial score (nSPS) is 30.9. The number of hydrogen-bond donors (Lipinski definition) is 5. The van der Waals surface area contributed by atoms with E-state index in [1.165, 1.54) is 12.3 Å². The summed E-state index contributed by atoms with van der Waals surface area (Å²) < 4.78 is 5.03. The highest BCUT2D eigenvalue weighted by atomic mass is 16.6. The SMILES string of the molecule is OCC1OC(O)C(N=Cc2ccc3cccc(O)c3n2)[C@@H](O)[C@H]1O. The van der Waals surface area contributed by atoms with Crippen molar-refractivity contribution >= 4 is 17.1 Å². The smallest absolute Gasteiger partial charge is 0.180 e. The van der Waals surface area contributed by atoms with Crippen molar-refractivity contribution in [3.05, 3.63) is 36.0 Å². The van der Waals surface area contributed by atoms with Gasteiger partial charge >= 0.3 is 0 Å². The average Bonchev–Trinajstić information content (AvgIpc) is 2.58. The molecule has 0 radical (unpaired) electrons. The van der Waals surface area contributed by atoms with Gasteiger partial charge in [0.1, 0.15) is 35.6 Å². The van der Waals surface area contributed by atoms with Crippen molar-refractivity contribution < 1.29 is 30.3 Å². The topological polar surface area (TPSA) is 136 Å². The number of aliphatic hydroxyl groups is 4. The number of pyridine rings is 1. The van der Waals surface area contributed by atoms with Gasteiger partial charge < -0.3 is 30.3 Å². The number of aromatic nitrogens is 1. The van der Waals surface area contributed by atoms with Crippen molar-refractivity contribution in [3.8, 4) is 5.75 Å². The summed E-state index contributed by atoms with van der Waals surface area (Å²) in [6.07, 6.45) is -3.98. The third-order valence-corrected chi connectivity index (χ3v) is 3.97. The fourth-order valence-electron chi connectivity index (χ4n) is 2.62. The van der Waals surface area contributed by atoms with E-state index in [1.54, 1.807) is 24.3 Å². The van der Waals surface area contributed by atoms with Gasteiger partial charge in [0, 0.05) is 11.6 Å². The highest BCUT2D eigenvalue weighted by Gasteiger charge is 2.43. The number of benzene rings is 1. The third kappa shape index (κ3) is 3.10. The predicted octanol–water partition coefficient (Wildman–Crippen LogP) is -0.841. The molecule has 0 aliphatic carbocycles. The molecule has 0 spiro atoms. The average molecular weight is 334 g/mol. The maximum absolute atomic E-state index is 10.0. The molecule has 3 rings (SSSR count). The second-order valence-electron chi connectivity index (χ2n) is 5.58. The van der Waals surface area contributed by atoms with Crippen LogP contribution < -0.4 is 0 Å². The summed E-state index contributed by atoms with van der Waals surface area (Å²) in [6, 6.07) is 7.33. The van der Waals surface area contributed by atoms with Gasteiger partial charge in [-0.15, -0.1) is 0 Å². The molecule has 1 aliphatic heterocycles. The van der Waals surface area contributed by atoms with Crippen LogP contribution in [0.4, 0.5) is 0 Å². The number of aromatic hydroxyl groups is 1. The summed E-state index contributed by atoms with van der Waals surface area (Å²) in [5.41, 5.74) is 0.810. The van der Waals surface area contributed by atoms with Crippen LogP contribution in [0.1, 0.15) is 5.69 Å². The minimum atomic E-state index is -1.47. The lowest BCUT2D eigenvalue weighted by Crippen LogP contribution is -2.57. The van der Waals surface area contributed by atoms with E-state index in [-0.39, 0.29) is 5.75 Å². The summed E-state index contributed by atoms with van der Waals surface area (Å²) >= 11 is 0. The van der Waals surface area contributed by atoms with E-state index >= 15 is 0 Å². The maximum atomic E-state index is 10.0. The minimum absolute atomic E-state index is 0.0324. The summed E-state index contributed by atoms with van der Waals surface area (Å²) in [6.45, 7) is -0.531. The van der Waals surface area contributed by atoms with Gasteiger partial charge in [-0.2, -0.15) is 0 Å². The molecule has 24 heavy (non-hydrogen) atoms. The number of hydrogen-bond acceptors (Lipinski definition) is 8. The number of rotatable bonds is 3. The standard InChI is InChI=1S/C16H18N2O6/c19-7-11-14(21)15(22)13(16(23)24-11)17-6-9-5-4-8-2-1-3-10(20)12(8)18-9/h1-6,11,13-16,19-23H,7H2/t11?,13?,14-,15+,16?/m0/s1. The van der Waals surface area contributed by atoms with E-state index in [4.69, 9.17) is 9.84 Å². The van der Waals surface area contributed by atoms with E-state index in [9.17, 15) is 20.4 Å². The second kappa shape index (κ2) is 6.80. The molecule has 1 aromatic carbocycles. The monoisotopic (exact) mass is 334 g/mol. The van der Waals surface area contributed by atoms with Crippen LogP contribution in [0.3, 0.4) is 0 Å². The Morgan fingerprint density at radius 1 is 1.12 bits per heavy atom. The van der Waals surface area contributed by atoms with E-state index in [1.807, 2.05) is 0 Å². The second-order valence-corrected chi connectivity index (χ2v) is 5.58. The van der Waals surface area contributed by atoms with Gasteiger partial charge in [0.15, 0.2) is 6.29 Å². The molecular weight excluding hydrogens is 316 g/mol. The number of aliphatic imine (C=N–C) groups is 1. The number of para-hydroxylation sites is 1. The van der Waals surface area contributed by atoms with Crippen molar-refractivity contribution in [2.75, 3.05) is 6.61 Å². The molecule has 128 valence electrons. The number of phenolic OH excluding ortho intramolecular Hbond substituents is 1. The number of fused-ring (bicyclic) bond motifs is 1. The lowest BCUT2D eigenvalue weighted by Gasteiger charge is -2.38. The fraction of sp³-hybridized carbons (Fsp3) is 0.375. The lowest BCUT2D eigenvalue weighted by molar-refractivity contribution is -0.248. The van der Waals surface area contributed by atoms with Crippen LogP contribution in [-0.2, 0) is 4.74 Å². The highest BCUT2D eigenvalue weighted by Crippen LogP contribution is 2.23. The largest absolute Gasteiger partial charge is 0.506 e. The van der Waals surface area contributed by atoms with Crippen LogP contribution in [0.25, 0.3) is 10.9 Å². The number of ether oxygens (including phenoxy) is 1. The quantitative estimate of drug-likeness (QED) is 0.462. The molecule has 1 aromatic heterocycles. The minimum Gasteiger partial charge on any atom is -0.506 e. The molecule has 0 saturated carbocycles. The van der Waals surface area contributed by atoms with Gasteiger partial charge in [-0.1, -0.05) is 18.2 Å². The molecule has 0 amide bonds. The van der Waals surface area contributed by atoms with Crippen LogP contribution in [0.2, 0.25) is 0 Å². The van der Waals surface area contributed by atoms with Gasteiger partial charge in [-0.05, 0) is 12.1 Å². The van der Waals surface area contributed by atoms with Crippen molar-refractivity contribution in [1.82, 2.24) is 4.98 Å². The Morgan fingerprint density at radius 2 is 1.92 bits per heavy atom. The van der Waals surface area contributed by atoms with Crippen molar-refractivity contribution in [2.45, 2.75) is 30.6 Å². The number of aliphatic hydroxyl groups excluding tert-OH is 4. The van der Waals surface area contributed by atoms with Crippen LogP contribution in [0.15, 0.2) is 35.3 Å². The molecule has 1 saturated heterocycles. The van der Waals surface area contributed by atoms with Crippen LogP contribution in [0, 0.1) is 0 Å². The Kier molecular flexibility index (Phi) is 4.74. The zero-order valence-electron chi connectivity index (χ0n) is 12.6. The fourth-order valence-corrected chi connectivity index (χ4v) is 2.62. The lowest BCUT2D eigenvalue weighted by atomic mass is 9.97.